The van der Waals surface area contributed by atoms with Crippen molar-refractivity contribution in [3.05, 3.63) is 24.0 Å². The van der Waals surface area contributed by atoms with Crippen molar-refractivity contribution >= 4 is 15.7 Å². The molecule has 1 fully saturated rings. The second kappa shape index (κ2) is 8.16. The van der Waals surface area contributed by atoms with Gasteiger partial charge in [-0.1, -0.05) is 0 Å². The zero-order valence-corrected chi connectivity index (χ0v) is 15.3. The van der Waals surface area contributed by atoms with Gasteiger partial charge in [-0.05, 0) is 57.6 Å². The minimum atomic E-state index is -3.20. The number of hydrogen-bond donors (Lipinski definition) is 2. The largest absolute Gasteiger partial charge is 0.494 e. The first-order valence-electron chi connectivity index (χ1n) is 8.40. The fourth-order valence-corrected chi connectivity index (χ4v) is 3.86. The number of rotatable bonds is 7. The summed E-state index contributed by atoms with van der Waals surface area (Å²) >= 11 is 0. The van der Waals surface area contributed by atoms with Gasteiger partial charge in [-0.3, -0.25) is 0 Å². The van der Waals surface area contributed by atoms with Crippen LogP contribution >= 0.6 is 0 Å². The van der Waals surface area contributed by atoms with Gasteiger partial charge in [0.25, 0.3) is 0 Å². The fourth-order valence-electron chi connectivity index (χ4n) is 2.89. The highest BCUT2D eigenvalue weighted by Gasteiger charge is 2.26. The molecule has 1 saturated carbocycles. The van der Waals surface area contributed by atoms with E-state index in [1.165, 1.54) is 13.2 Å². The smallest absolute Gasteiger partial charge is 0.214 e. The van der Waals surface area contributed by atoms with Crippen LogP contribution in [0.2, 0.25) is 0 Å². The van der Waals surface area contributed by atoms with Crippen molar-refractivity contribution in [2.24, 2.45) is 5.92 Å². The van der Waals surface area contributed by atoms with E-state index in [4.69, 9.17) is 4.74 Å². The van der Waals surface area contributed by atoms with E-state index >= 15 is 0 Å². The van der Waals surface area contributed by atoms with Crippen LogP contribution in [-0.4, -0.2) is 33.4 Å². The number of benzene rings is 1. The molecule has 0 saturated heterocycles. The van der Waals surface area contributed by atoms with Crippen LogP contribution in [0.3, 0.4) is 0 Å². The van der Waals surface area contributed by atoms with Gasteiger partial charge >= 0.3 is 0 Å². The van der Waals surface area contributed by atoms with E-state index in [0.717, 1.165) is 37.9 Å². The molecule has 1 aliphatic rings. The lowest BCUT2D eigenvalue weighted by Crippen LogP contribution is -2.41. The van der Waals surface area contributed by atoms with E-state index in [0.29, 0.717) is 5.92 Å². The fraction of sp³-hybridized carbons (Fsp3) is 0.647. The van der Waals surface area contributed by atoms with Crippen molar-refractivity contribution in [2.75, 3.05) is 19.0 Å². The third-order valence-corrected chi connectivity index (χ3v) is 6.45. The number of methoxy groups -OCH3 is 1. The molecule has 0 spiro atoms. The van der Waals surface area contributed by atoms with Crippen molar-refractivity contribution in [2.45, 2.75) is 50.8 Å². The van der Waals surface area contributed by atoms with Crippen LogP contribution in [0.1, 0.15) is 39.5 Å². The molecule has 0 aliphatic heterocycles. The molecule has 1 aromatic carbocycles. The summed E-state index contributed by atoms with van der Waals surface area (Å²) in [6, 6.07) is 4.87. The van der Waals surface area contributed by atoms with E-state index in [1.807, 2.05) is 0 Å². The summed E-state index contributed by atoms with van der Waals surface area (Å²) in [6.45, 7) is 4.13. The van der Waals surface area contributed by atoms with Crippen LogP contribution in [0.15, 0.2) is 18.2 Å². The van der Waals surface area contributed by atoms with Crippen molar-refractivity contribution in [1.29, 1.82) is 0 Å². The van der Waals surface area contributed by atoms with E-state index in [1.54, 1.807) is 26.0 Å². The Hall–Kier alpha value is -1.34. The topological polar surface area (TPSA) is 67.4 Å². The van der Waals surface area contributed by atoms with Crippen LogP contribution in [0.4, 0.5) is 10.1 Å². The molecule has 2 N–H and O–H groups in total. The SMILES string of the molecule is COc1ccc(NC[C@H]2CC[C@H](NS(=O)(=O)C(C)C)CC2)cc1F. The highest BCUT2D eigenvalue weighted by atomic mass is 32.2. The number of ether oxygens (including phenoxy) is 1. The van der Waals surface area contributed by atoms with Gasteiger partial charge in [0.2, 0.25) is 10.0 Å². The molecule has 0 atom stereocenters. The highest BCUT2D eigenvalue weighted by molar-refractivity contribution is 7.90. The third-order valence-electron chi connectivity index (χ3n) is 4.54. The summed E-state index contributed by atoms with van der Waals surface area (Å²) < 4.78 is 45.2. The standard InChI is InChI=1S/C17H27FN2O3S/c1-12(2)24(21,22)20-14-6-4-13(5-7-14)11-19-15-8-9-17(23-3)16(18)10-15/h8-10,12-14,19-20H,4-7,11H2,1-3H3/t13-,14-. The third kappa shape index (κ3) is 5.08. The Bertz CT molecular complexity index is 641. The maximum Gasteiger partial charge on any atom is 0.214 e. The monoisotopic (exact) mass is 358 g/mol. The van der Waals surface area contributed by atoms with Crippen molar-refractivity contribution in [3.63, 3.8) is 0 Å². The number of nitrogens with one attached hydrogen (secondary N) is 2. The first-order valence-corrected chi connectivity index (χ1v) is 9.95. The molecule has 24 heavy (non-hydrogen) atoms. The average molecular weight is 358 g/mol. The lowest BCUT2D eigenvalue weighted by atomic mass is 9.86. The Balaban J connectivity index is 1.78. The van der Waals surface area contributed by atoms with Gasteiger partial charge in [-0.25, -0.2) is 17.5 Å². The summed E-state index contributed by atoms with van der Waals surface area (Å²) in [6.07, 6.45) is 3.60. The molecule has 136 valence electrons. The summed E-state index contributed by atoms with van der Waals surface area (Å²) in [5.41, 5.74) is 0.732. The first-order chi connectivity index (χ1) is 11.3. The van der Waals surface area contributed by atoms with Crippen LogP contribution in [0.25, 0.3) is 0 Å². The molecule has 0 amide bonds. The van der Waals surface area contributed by atoms with Gasteiger partial charge in [0, 0.05) is 24.3 Å². The zero-order chi connectivity index (χ0) is 17.7. The molecule has 1 aliphatic carbocycles. The number of halogens is 1. The van der Waals surface area contributed by atoms with Gasteiger partial charge in [0.1, 0.15) is 0 Å². The Kier molecular flexibility index (Phi) is 6.46. The van der Waals surface area contributed by atoms with Gasteiger partial charge in [-0.15, -0.1) is 0 Å². The quantitative estimate of drug-likeness (QED) is 0.786. The number of anilines is 1. The van der Waals surface area contributed by atoms with Crippen molar-refractivity contribution in [1.82, 2.24) is 4.72 Å². The van der Waals surface area contributed by atoms with Gasteiger partial charge in [0.15, 0.2) is 11.6 Å². The molecule has 2 rings (SSSR count). The lowest BCUT2D eigenvalue weighted by molar-refractivity contribution is 0.323. The van der Waals surface area contributed by atoms with E-state index in [-0.39, 0.29) is 17.6 Å². The molecule has 5 nitrogen and oxygen atoms in total. The Labute approximate surface area is 144 Å². The summed E-state index contributed by atoms with van der Waals surface area (Å²) in [5, 5.41) is 2.85. The highest BCUT2D eigenvalue weighted by Crippen LogP contribution is 2.26. The molecule has 7 heteroatoms. The molecule has 0 unspecified atom stereocenters. The second-order valence-electron chi connectivity index (χ2n) is 6.66. The van der Waals surface area contributed by atoms with Crippen molar-refractivity contribution < 1.29 is 17.5 Å². The summed E-state index contributed by atoms with van der Waals surface area (Å²) in [7, 11) is -1.76. The second-order valence-corrected chi connectivity index (χ2v) is 8.93. The van der Waals surface area contributed by atoms with Crippen molar-refractivity contribution in [3.8, 4) is 5.75 Å². The molecule has 1 aromatic rings. The normalized spacial score (nSPS) is 21.7. The molecule has 0 aromatic heterocycles. The van der Waals surface area contributed by atoms with Gasteiger partial charge < -0.3 is 10.1 Å². The molecular formula is C17H27FN2O3S. The lowest BCUT2D eigenvalue weighted by Gasteiger charge is -2.29. The summed E-state index contributed by atoms with van der Waals surface area (Å²) in [5.74, 6) is 0.322. The number of sulfonamides is 1. The van der Waals surface area contributed by atoms with Gasteiger partial charge in [0.05, 0.1) is 12.4 Å². The van der Waals surface area contributed by atoms with Crippen LogP contribution in [0.5, 0.6) is 5.75 Å². The number of hydrogen-bond acceptors (Lipinski definition) is 4. The Morgan fingerprint density at radius 3 is 2.46 bits per heavy atom. The first kappa shape index (κ1) is 19.0. The molecule has 0 radical (unpaired) electrons. The Morgan fingerprint density at radius 2 is 1.92 bits per heavy atom. The van der Waals surface area contributed by atoms with E-state index in [9.17, 15) is 12.8 Å². The minimum absolute atomic E-state index is 0.0343. The Morgan fingerprint density at radius 1 is 1.25 bits per heavy atom. The van der Waals surface area contributed by atoms with E-state index < -0.39 is 15.3 Å². The molecule has 0 heterocycles. The zero-order valence-electron chi connectivity index (χ0n) is 14.5. The van der Waals surface area contributed by atoms with Crippen LogP contribution < -0.4 is 14.8 Å². The summed E-state index contributed by atoms with van der Waals surface area (Å²) in [4.78, 5) is 0. The van der Waals surface area contributed by atoms with Crippen LogP contribution in [-0.2, 0) is 10.0 Å². The van der Waals surface area contributed by atoms with E-state index in [2.05, 4.69) is 10.0 Å². The molecule has 0 bridgehead atoms. The molecular weight excluding hydrogens is 331 g/mol. The average Bonchev–Trinajstić information content (AvgIpc) is 2.54. The maximum atomic E-state index is 13.7. The maximum absolute atomic E-state index is 13.7. The van der Waals surface area contributed by atoms with Crippen LogP contribution in [0, 0.1) is 11.7 Å². The predicted octanol–water partition coefficient (Wildman–Crippen LogP) is 3.13. The van der Waals surface area contributed by atoms with Gasteiger partial charge in [-0.2, -0.15) is 0 Å². The minimum Gasteiger partial charge on any atom is -0.494 e. The predicted molar refractivity (Wildman–Crippen MR) is 94.4 cm³/mol.